The van der Waals surface area contributed by atoms with Crippen molar-refractivity contribution in [3.8, 4) is 56.2 Å². The summed E-state index contributed by atoms with van der Waals surface area (Å²) in [6.07, 6.45) is 6.30. The van der Waals surface area contributed by atoms with E-state index in [2.05, 4.69) is 195 Å². The highest BCUT2D eigenvalue weighted by Crippen LogP contribution is 2.51. The van der Waals surface area contributed by atoms with Crippen molar-refractivity contribution in [2.45, 2.75) is 66.2 Å². The summed E-state index contributed by atoms with van der Waals surface area (Å²) in [5, 5.41) is 0. The van der Waals surface area contributed by atoms with Gasteiger partial charge in [-0.3, -0.25) is 0 Å². The third-order valence-electron chi connectivity index (χ3n) is 12.2. The molecule has 6 aromatic carbocycles. The lowest BCUT2D eigenvalue weighted by atomic mass is 9.80. The quantitative estimate of drug-likeness (QED) is 0.169. The van der Waals surface area contributed by atoms with Gasteiger partial charge in [-0.1, -0.05) is 179 Å². The summed E-state index contributed by atoms with van der Waals surface area (Å²) in [6.45, 7) is 22.0. The van der Waals surface area contributed by atoms with Gasteiger partial charge >= 0.3 is 0 Å². The molecule has 58 heavy (non-hydrogen) atoms. The van der Waals surface area contributed by atoms with Crippen molar-refractivity contribution in [2.24, 2.45) is 0 Å². The third-order valence-corrected chi connectivity index (χ3v) is 12.2. The highest BCUT2D eigenvalue weighted by Gasteiger charge is 2.37. The van der Waals surface area contributed by atoms with Crippen LogP contribution in [-0.4, -0.2) is 9.97 Å². The molecule has 0 unspecified atom stereocenters. The van der Waals surface area contributed by atoms with Crippen LogP contribution in [0.15, 0.2) is 170 Å². The van der Waals surface area contributed by atoms with E-state index in [4.69, 9.17) is 9.97 Å². The molecule has 0 bridgehead atoms. The van der Waals surface area contributed by atoms with Gasteiger partial charge in [0, 0.05) is 27.5 Å². The second-order valence-electron chi connectivity index (χ2n) is 16.8. The van der Waals surface area contributed by atoms with Crippen LogP contribution < -0.4 is 0 Å². The molecule has 2 aliphatic carbocycles. The Morgan fingerprint density at radius 3 is 1.79 bits per heavy atom. The molecular formula is C56H52N2. The SMILES string of the molecule is C=CC1=C(/C=C\C)C(C)(C)c2cc(-c3cc(-c4ccc(C)cc4)nc(-c4ccccc4)n3)ccc21.Cc1ccccc1-c1cc2c(cc1C)-c1ccccc1C2(C)C. The number of aromatic nitrogens is 2. The van der Waals surface area contributed by atoms with E-state index < -0.39 is 0 Å². The van der Waals surface area contributed by atoms with E-state index >= 15 is 0 Å². The van der Waals surface area contributed by atoms with E-state index in [-0.39, 0.29) is 10.8 Å². The summed E-state index contributed by atoms with van der Waals surface area (Å²) in [4.78, 5) is 9.98. The second-order valence-corrected chi connectivity index (χ2v) is 16.8. The van der Waals surface area contributed by atoms with Gasteiger partial charge in [-0.25, -0.2) is 9.97 Å². The molecule has 286 valence electrons. The molecule has 0 saturated heterocycles. The summed E-state index contributed by atoms with van der Waals surface area (Å²) >= 11 is 0. The first-order valence-corrected chi connectivity index (χ1v) is 20.4. The number of nitrogens with zero attached hydrogens (tertiary/aromatic N) is 2. The highest BCUT2D eigenvalue weighted by molar-refractivity contribution is 5.89. The lowest BCUT2D eigenvalue weighted by molar-refractivity contribution is 0.654. The van der Waals surface area contributed by atoms with Gasteiger partial charge in [-0.05, 0) is 113 Å². The van der Waals surface area contributed by atoms with Crippen LogP contribution in [0, 0.1) is 20.8 Å². The first kappa shape index (κ1) is 38.5. The van der Waals surface area contributed by atoms with Crippen LogP contribution in [0.1, 0.15) is 73.6 Å². The molecule has 1 aromatic heterocycles. The van der Waals surface area contributed by atoms with E-state index in [1.54, 1.807) is 0 Å². The maximum atomic E-state index is 5.03. The van der Waals surface area contributed by atoms with Crippen LogP contribution in [0.4, 0.5) is 0 Å². The Morgan fingerprint density at radius 2 is 1.10 bits per heavy atom. The summed E-state index contributed by atoms with van der Waals surface area (Å²) in [6, 6.07) is 49.8. The third kappa shape index (κ3) is 6.77. The molecular weight excluding hydrogens is 701 g/mol. The molecule has 0 radical (unpaired) electrons. The molecule has 1 heterocycles. The van der Waals surface area contributed by atoms with Crippen LogP contribution in [-0.2, 0) is 10.8 Å². The predicted octanol–water partition coefficient (Wildman–Crippen LogP) is 14.9. The van der Waals surface area contributed by atoms with Crippen LogP contribution >= 0.6 is 0 Å². The minimum Gasteiger partial charge on any atom is -0.228 e. The Hall–Kier alpha value is -6.38. The van der Waals surface area contributed by atoms with Gasteiger partial charge in [0.15, 0.2) is 5.82 Å². The first-order valence-electron chi connectivity index (χ1n) is 20.4. The van der Waals surface area contributed by atoms with Gasteiger partial charge in [0.1, 0.15) is 0 Å². The monoisotopic (exact) mass is 752 g/mol. The topological polar surface area (TPSA) is 25.8 Å². The molecule has 0 amide bonds. The summed E-state index contributed by atoms with van der Waals surface area (Å²) in [7, 11) is 0. The van der Waals surface area contributed by atoms with Crippen molar-refractivity contribution >= 4 is 5.57 Å². The maximum Gasteiger partial charge on any atom is 0.160 e. The molecule has 0 N–H and O–H groups in total. The Labute approximate surface area is 345 Å². The maximum absolute atomic E-state index is 5.03. The van der Waals surface area contributed by atoms with Crippen molar-refractivity contribution in [3.63, 3.8) is 0 Å². The lowest BCUT2D eigenvalue weighted by Gasteiger charge is -2.23. The molecule has 2 aliphatic rings. The normalized spacial score (nSPS) is 14.4. The predicted molar refractivity (Wildman–Crippen MR) is 247 cm³/mol. The zero-order chi connectivity index (χ0) is 40.8. The van der Waals surface area contributed by atoms with E-state index in [1.165, 1.54) is 72.3 Å². The van der Waals surface area contributed by atoms with E-state index in [0.717, 1.165) is 33.9 Å². The van der Waals surface area contributed by atoms with Crippen molar-refractivity contribution in [1.29, 1.82) is 0 Å². The number of allylic oxidation sites excluding steroid dienone is 5. The van der Waals surface area contributed by atoms with Gasteiger partial charge in [0.05, 0.1) is 11.4 Å². The minimum absolute atomic E-state index is 0.0665. The fourth-order valence-corrected chi connectivity index (χ4v) is 8.97. The minimum atomic E-state index is -0.115. The van der Waals surface area contributed by atoms with Gasteiger partial charge < -0.3 is 0 Å². The fraction of sp³-hybridized carbons (Fsp3) is 0.179. The van der Waals surface area contributed by atoms with E-state index in [1.807, 2.05) is 24.3 Å². The Balaban J connectivity index is 0.000000176. The zero-order valence-electron chi connectivity index (χ0n) is 35.1. The second kappa shape index (κ2) is 15.2. The Morgan fingerprint density at radius 1 is 0.483 bits per heavy atom. The standard InChI is InChI=1S/C33H30N2.C23H22/c1-6-11-28-26(7-2)27-19-18-25(20-29(27)33(28,4)5)31-21-30(23-16-14-22(3)15-17-23)34-32(35-31)24-12-9-8-10-13-24;1-15-9-5-6-10-17(15)19-14-22-20(13-16(19)2)18-11-7-8-12-21(18)23(22,3)4/h6-21H,2H2,1,3-5H3;5-14H,1-4H3/b11-6-;. The van der Waals surface area contributed by atoms with Gasteiger partial charge in [-0.2, -0.15) is 0 Å². The summed E-state index contributed by atoms with van der Waals surface area (Å²) in [5.74, 6) is 0.734. The van der Waals surface area contributed by atoms with E-state index in [0.29, 0.717) is 0 Å². The molecule has 0 atom stereocenters. The zero-order valence-corrected chi connectivity index (χ0v) is 35.1. The molecule has 0 saturated carbocycles. The molecule has 7 aromatic rings. The molecule has 0 aliphatic heterocycles. The number of aryl methyl sites for hydroxylation is 3. The first-order chi connectivity index (χ1) is 27.9. The van der Waals surface area contributed by atoms with Crippen molar-refractivity contribution in [3.05, 3.63) is 209 Å². The number of rotatable bonds is 6. The van der Waals surface area contributed by atoms with Crippen LogP contribution in [0.3, 0.4) is 0 Å². The summed E-state index contributed by atoms with van der Waals surface area (Å²) in [5.41, 5.74) is 22.4. The van der Waals surface area contributed by atoms with Crippen molar-refractivity contribution < 1.29 is 0 Å². The number of hydrogen-bond donors (Lipinski definition) is 0. The molecule has 0 fully saturated rings. The van der Waals surface area contributed by atoms with Gasteiger partial charge in [0.2, 0.25) is 0 Å². The fourth-order valence-electron chi connectivity index (χ4n) is 8.97. The molecule has 2 heteroatoms. The summed E-state index contributed by atoms with van der Waals surface area (Å²) < 4.78 is 0. The Bertz CT molecular complexity index is 2760. The number of fused-ring (bicyclic) bond motifs is 4. The smallest absolute Gasteiger partial charge is 0.160 e. The Kier molecular flexibility index (Phi) is 10.1. The molecule has 0 spiro atoms. The van der Waals surface area contributed by atoms with Gasteiger partial charge in [-0.15, -0.1) is 0 Å². The number of benzene rings is 6. The van der Waals surface area contributed by atoms with Crippen LogP contribution in [0.25, 0.3) is 61.7 Å². The van der Waals surface area contributed by atoms with Crippen LogP contribution in [0.5, 0.6) is 0 Å². The lowest BCUT2D eigenvalue weighted by Crippen LogP contribution is -2.16. The molecule has 9 rings (SSSR count). The van der Waals surface area contributed by atoms with E-state index in [9.17, 15) is 0 Å². The van der Waals surface area contributed by atoms with Crippen molar-refractivity contribution in [1.82, 2.24) is 9.97 Å². The average molecular weight is 753 g/mol. The molecule has 2 nitrogen and oxygen atoms in total. The van der Waals surface area contributed by atoms with Gasteiger partial charge in [0.25, 0.3) is 0 Å². The largest absolute Gasteiger partial charge is 0.228 e. The number of hydrogen-bond acceptors (Lipinski definition) is 2. The highest BCUT2D eigenvalue weighted by atomic mass is 14.9. The van der Waals surface area contributed by atoms with Crippen LogP contribution in [0.2, 0.25) is 0 Å². The van der Waals surface area contributed by atoms with Crippen molar-refractivity contribution in [2.75, 3.05) is 0 Å². The average Bonchev–Trinajstić information content (AvgIpc) is 3.59.